The van der Waals surface area contributed by atoms with E-state index in [0.717, 1.165) is 31.4 Å². The fourth-order valence-electron chi connectivity index (χ4n) is 1.34. The molecule has 0 spiro atoms. The van der Waals surface area contributed by atoms with Crippen LogP contribution in [-0.2, 0) is 0 Å². The van der Waals surface area contributed by atoms with Crippen LogP contribution in [-0.4, -0.2) is 28.8 Å². The van der Waals surface area contributed by atoms with Gasteiger partial charge >= 0.3 is 6.01 Å². The van der Waals surface area contributed by atoms with Crippen LogP contribution < -0.4 is 10.5 Å². The number of hydrogen-bond acceptors (Lipinski definition) is 5. The van der Waals surface area contributed by atoms with Crippen LogP contribution in [0.5, 0.6) is 6.01 Å². The molecule has 1 aromatic heterocycles. The van der Waals surface area contributed by atoms with Gasteiger partial charge in [-0.3, -0.25) is 4.99 Å². The maximum Gasteiger partial charge on any atom is 0.316 e. The minimum absolute atomic E-state index is 0.0976. The van der Waals surface area contributed by atoms with E-state index in [4.69, 9.17) is 10.5 Å². The Morgan fingerprint density at radius 2 is 1.95 bits per heavy atom. The van der Waals surface area contributed by atoms with Crippen LogP contribution in [0, 0.1) is 5.82 Å². The third-order valence-corrected chi connectivity index (χ3v) is 2.27. The summed E-state index contributed by atoms with van der Waals surface area (Å²) in [7, 11) is 0. The summed E-state index contributed by atoms with van der Waals surface area (Å²) in [6, 6.07) is 0.448. The summed E-state index contributed by atoms with van der Waals surface area (Å²) in [5.41, 5.74) is 5.57. The third-order valence-electron chi connectivity index (χ3n) is 2.27. The molecule has 0 aromatic carbocycles. The first-order valence-corrected chi connectivity index (χ1v) is 6.69. The summed E-state index contributed by atoms with van der Waals surface area (Å²) >= 11 is 0. The van der Waals surface area contributed by atoms with Gasteiger partial charge in [0.2, 0.25) is 0 Å². The highest BCUT2D eigenvalue weighted by molar-refractivity contribution is 5.25. The van der Waals surface area contributed by atoms with Crippen LogP contribution in [0.1, 0.15) is 33.6 Å². The summed E-state index contributed by atoms with van der Waals surface area (Å²) in [4.78, 5) is 10.5. The molecule has 0 amide bonds. The number of aromatic nitrogens is 2. The number of allylic oxidation sites excluding steroid dienone is 1. The summed E-state index contributed by atoms with van der Waals surface area (Å²) in [6.07, 6.45) is 4.96. The number of halogens is 2. The molecule has 0 aliphatic heterocycles. The minimum atomic E-state index is -0.460. The van der Waals surface area contributed by atoms with Gasteiger partial charge in [0.15, 0.2) is 5.82 Å². The molecule has 1 heterocycles. The Bertz CT molecular complexity index is 427. The standard InChI is InChI=1S/C8H10FN3O.C4H6FN.C2H6/c9-5-3-11-8(12-4-5)13-7-1-6(10)2-7;1-4(5)3-6-2;1-2/h3-4,6-7H,1-2,10H2;3H,2H2,1H3;1-2H3/b;4-3+;. The molecule has 5 nitrogen and oxygen atoms in total. The van der Waals surface area contributed by atoms with Crippen molar-refractivity contribution in [1.82, 2.24) is 9.97 Å². The molecule has 0 atom stereocenters. The van der Waals surface area contributed by atoms with E-state index >= 15 is 0 Å². The van der Waals surface area contributed by atoms with Crippen molar-refractivity contribution in [1.29, 1.82) is 0 Å². The lowest BCUT2D eigenvalue weighted by atomic mass is 9.90. The molecule has 1 aliphatic carbocycles. The topological polar surface area (TPSA) is 73.4 Å². The van der Waals surface area contributed by atoms with Crippen molar-refractivity contribution in [2.45, 2.75) is 45.8 Å². The Hall–Kier alpha value is -1.89. The van der Waals surface area contributed by atoms with Crippen molar-refractivity contribution >= 4 is 6.72 Å². The summed E-state index contributed by atoms with van der Waals surface area (Å²) in [5, 5.41) is 0. The van der Waals surface area contributed by atoms with Crippen molar-refractivity contribution in [3.05, 3.63) is 30.2 Å². The molecule has 1 aromatic rings. The average molecular weight is 300 g/mol. The minimum Gasteiger partial charge on any atom is -0.460 e. The number of aliphatic imine (C=N–C) groups is 1. The van der Waals surface area contributed by atoms with Gasteiger partial charge in [0.05, 0.1) is 18.6 Å². The van der Waals surface area contributed by atoms with Gasteiger partial charge in [0.25, 0.3) is 0 Å². The highest BCUT2D eigenvalue weighted by Crippen LogP contribution is 2.21. The Morgan fingerprint density at radius 3 is 2.29 bits per heavy atom. The van der Waals surface area contributed by atoms with E-state index < -0.39 is 5.82 Å². The van der Waals surface area contributed by atoms with Gasteiger partial charge in [-0.25, -0.2) is 18.7 Å². The predicted octanol–water partition coefficient (Wildman–Crippen LogP) is 3.03. The average Bonchev–Trinajstić information content (AvgIpc) is 2.42. The Kier molecular flexibility index (Phi) is 9.87. The molecule has 0 saturated heterocycles. The normalized spacial score (nSPS) is 20.0. The van der Waals surface area contributed by atoms with Crippen molar-refractivity contribution < 1.29 is 13.5 Å². The number of rotatable bonds is 3. The molecular formula is C14H22F2N4O. The highest BCUT2D eigenvalue weighted by Gasteiger charge is 2.28. The molecule has 0 bridgehead atoms. The fraction of sp³-hybridized carbons (Fsp3) is 0.500. The molecular weight excluding hydrogens is 278 g/mol. The number of nitrogens with two attached hydrogens (primary N) is 1. The van der Waals surface area contributed by atoms with Crippen LogP contribution in [0.4, 0.5) is 8.78 Å². The lowest BCUT2D eigenvalue weighted by Gasteiger charge is -2.31. The zero-order chi connectivity index (χ0) is 16.3. The van der Waals surface area contributed by atoms with Gasteiger partial charge in [-0.2, -0.15) is 0 Å². The monoisotopic (exact) mass is 300 g/mol. The molecule has 2 rings (SSSR count). The van der Waals surface area contributed by atoms with Crippen LogP contribution >= 0.6 is 0 Å². The van der Waals surface area contributed by atoms with Crippen LogP contribution in [0.2, 0.25) is 0 Å². The lowest BCUT2D eigenvalue weighted by molar-refractivity contribution is 0.0901. The van der Waals surface area contributed by atoms with Crippen LogP contribution in [0.25, 0.3) is 0 Å². The summed E-state index contributed by atoms with van der Waals surface area (Å²) in [5.74, 6) is -0.775. The van der Waals surface area contributed by atoms with E-state index in [-0.39, 0.29) is 24.0 Å². The molecule has 21 heavy (non-hydrogen) atoms. The van der Waals surface area contributed by atoms with E-state index in [1.54, 1.807) is 0 Å². The summed E-state index contributed by atoms with van der Waals surface area (Å²) in [6.45, 7) is 8.35. The van der Waals surface area contributed by atoms with Gasteiger partial charge in [0.1, 0.15) is 11.9 Å². The second kappa shape index (κ2) is 10.8. The quantitative estimate of drug-likeness (QED) is 0.871. The molecule has 0 radical (unpaired) electrons. The van der Waals surface area contributed by atoms with E-state index in [9.17, 15) is 8.78 Å². The van der Waals surface area contributed by atoms with Gasteiger partial charge in [-0.1, -0.05) is 13.8 Å². The number of nitrogens with zero attached hydrogens (tertiary/aromatic N) is 3. The highest BCUT2D eigenvalue weighted by atomic mass is 19.1. The van der Waals surface area contributed by atoms with E-state index in [2.05, 4.69) is 21.7 Å². The summed E-state index contributed by atoms with van der Waals surface area (Å²) < 4.78 is 29.1. The fourth-order valence-corrected chi connectivity index (χ4v) is 1.34. The lowest BCUT2D eigenvalue weighted by Crippen LogP contribution is -2.43. The van der Waals surface area contributed by atoms with E-state index in [1.165, 1.54) is 6.92 Å². The zero-order valence-electron chi connectivity index (χ0n) is 12.6. The first-order chi connectivity index (χ1) is 10.0. The van der Waals surface area contributed by atoms with Crippen molar-refractivity contribution in [3.63, 3.8) is 0 Å². The predicted molar refractivity (Wildman–Crippen MR) is 79.4 cm³/mol. The van der Waals surface area contributed by atoms with E-state index in [1.807, 2.05) is 13.8 Å². The maximum atomic E-state index is 12.4. The number of ether oxygens (including phenoxy) is 1. The molecule has 0 unspecified atom stereocenters. The van der Waals surface area contributed by atoms with Crippen LogP contribution in [0.15, 0.2) is 29.4 Å². The van der Waals surface area contributed by atoms with Crippen molar-refractivity contribution in [2.24, 2.45) is 10.7 Å². The van der Waals surface area contributed by atoms with Crippen molar-refractivity contribution in [2.75, 3.05) is 0 Å². The molecule has 118 valence electrons. The smallest absolute Gasteiger partial charge is 0.316 e. The Labute approximate surface area is 124 Å². The van der Waals surface area contributed by atoms with Crippen molar-refractivity contribution in [3.8, 4) is 6.01 Å². The van der Waals surface area contributed by atoms with Gasteiger partial charge in [-0.15, -0.1) is 0 Å². The maximum absolute atomic E-state index is 12.4. The molecule has 7 heteroatoms. The second-order valence-corrected chi connectivity index (χ2v) is 4.05. The first kappa shape index (κ1) is 19.1. The number of hydrogen-bond donors (Lipinski definition) is 1. The van der Waals surface area contributed by atoms with Gasteiger partial charge in [-0.05, 0) is 26.5 Å². The molecule has 2 N–H and O–H groups in total. The van der Waals surface area contributed by atoms with Gasteiger partial charge in [0, 0.05) is 6.04 Å². The third kappa shape index (κ3) is 8.80. The molecule has 1 fully saturated rings. The first-order valence-electron chi connectivity index (χ1n) is 6.69. The largest absolute Gasteiger partial charge is 0.460 e. The second-order valence-electron chi connectivity index (χ2n) is 4.05. The van der Waals surface area contributed by atoms with E-state index in [0.29, 0.717) is 0 Å². The Morgan fingerprint density at radius 1 is 1.43 bits per heavy atom. The molecule has 1 aliphatic rings. The SMILES string of the molecule is C=N/C=C(\C)F.CC.NC1CC(Oc2ncc(F)cn2)C1. The zero-order valence-corrected chi connectivity index (χ0v) is 12.6. The van der Waals surface area contributed by atoms with Crippen LogP contribution in [0.3, 0.4) is 0 Å². The Balaban J connectivity index is 0.000000427. The molecule has 1 saturated carbocycles. The van der Waals surface area contributed by atoms with Gasteiger partial charge < -0.3 is 10.5 Å².